The molecule has 1 aromatic heterocycles. The Labute approximate surface area is 116 Å². The summed E-state index contributed by atoms with van der Waals surface area (Å²) in [5.74, 6) is -0.820. The van der Waals surface area contributed by atoms with E-state index in [4.69, 9.17) is 4.74 Å². The van der Waals surface area contributed by atoms with Gasteiger partial charge in [-0.15, -0.1) is 0 Å². The van der Waals surface area contributed by atoms with Crippen molar-refractivity contribution in [3.63, 3.8) is 0 Å². The van der Waals surface area contributed by atoms with E-state index in [2.05, 4.69) is 10.3 Å². The molecule has 0 bridgehead atoms. The monoisotopic (exact) mass is 291 g/mol. The first-order valence-corrected chi connectivity index (χ1v) is 6.75. The molecular weight excluding hydrogens is 271 g/mol. The van der Waals surface area contributed by atoms with Crippen molar-refractivity contribution in [2.45, 2.75) is 52.1 Å². The van der Waals surface area contributed by atoms with Crippen LogP contribution in [0.25, 0.3) is 0 Å². The van der Waals surface area contributed by atoms with Crippen LogP contribution in [0, 0.1) is 0 Å². The summed E-state index contributed by atoms with van der Waals surface area (Å²) in [7, 11) is 0. The van der Waals surface area contributed by atoms with Crippen LogP contribution in [0.1, 0.15) is 38.0 Å². The number of nitrogens with one attached hydrogen (secondary N) is 1. The van der Waals surface area contributed by atoms with E-state index >= 15 is 0 Å². The van der Waals surface area contributed by atoms with E-state index < -0.39 is 17.6 Å². The van der Waals surface area contributed by atoms with Gasteiger partial charge in [0.1, 0.15) is 0 Å². The first-order valence-electron chi connectivity index (χ1n) is 6.75. The molecule has 1 N–H and O–H groups in total. The molecule has 0 saturated carbocycles. The minimum Gasteiger partial charge on any atom is -0.374 e. The van der Waals surface area contributed by atoms with Crippen LogP contribution in [0.3, 0.4) is 0 Å². The molecule has 114 valence electrons. The van der Waals surface area contributed by atoms with Crippen molar-refractivity contribution in [2.75, 3.05) is 13.2 Å². The van der Waals surface area contributed by atoms with Crippen LogP contribution in [0.15, 0.2) is 0 Å². The van der Waals surface area contributed by atoms with Crippen LogP contribution in [-0.2, 0) is 30.4 Å². The van der Waals surface area contributed by atoms with Crippen LogP contribution in [0.2, 0.25) is 0 Å². The number of nitrogens with zero attached hydrogens (tertiary/aromatic N) is 2. The highest BCUT2D eigenvalue weighted by atomic mass is 19.4. The van der Waals surface area contributed by atoms with Gasteiger partial charge in [-0.1, -0.05) is 0 Å². The average molecular weight is 291 g/mol. The summed E-state index contributed by atoms with van der Waals surface area (Å²) in [5.41, 5.74) is 0.508. The van der Waals surface area contributed by atoms with E-state index in [0.717, 1.165) is 0 Å². The van der Waals surface area contributed by atoms with E-state index in [-0.39, 0.29) is 6.54 Å². The first kappa shape index (κ1) is 15.3. The van der Waals surface area contributed by atoms with Gasteiger partial charge in [-0.05, 0) is 20.8 Å². The smallest absolute Gasteiger partial charge is 0.374 e. The summed E-state index contributed by atoms with van der Waals surface area (Å²) in [6, 6.07) is 0. The van der Waals surface area contributed by atoms with Gasteiger partial charge in [0.2, 0.25) is 5.82 Å². The molecule has 7 heteroatoms. The molecule has 0 aromatic carbocycles. The SMILES string of the molecule is CCOC(C)(C)Cn1c(C(F)(F)F)nc2c1CCNC2. The molecule has 0 fully saturated rings. The fourth-order valence-corrected chi connectivity index (χ4v) is 2.57. The standard InChI is InChI=1S/C13H20F3N3O/c1-4-20-12(2,3)8-19-10-5-6-17-7-9(10)18-11(19)13(14,15)16/h17H,4-8H2,1-3H3. The van der Waals surface area contributed by atoms with E-state index in [1.807, 2.05) is 6.92 Å². The highest BCUT2D eigenvalue weighted by Crippen LogP contribution is 2.32. The summed E-state index contributed by atoms with van der Waals surface area (Å²) in [4.78, 5) is 3.79. The summed E-state index contributed by atoms with van der Waals surface area (Å²) in [6.07, 6.45) is -3.89. The second kappa shape index (κ2) is 5.37. The molecule has 0 radical (unpaired) electrons. The predicted octanol–water partition coefficient (Wildman–Crippen LogP) is 2.36. The van der Waals surface area contributed by atoms with Crippen LogP contribution < -0.4 is 5.32 Å². The normalized spacial score (nSPS) is 16.3. The third kappa shape index (κ3) is 3.15. The molecule has 0 atom stereocenters. The van der Waals surface area contributed by atoms with Crippen molar-refractivity contribution in [1.29, 1.82) is 0 Å². The second-order valence-electron chi connectivity index (χ2n) is 5.53. The minimum absolute atomic E-state index is 0.151. The van der Waals surface area contributed by atoms with E-state index in [1.54, 1.807) is 13.8 Å². The van der Waals surface area contributed by atoms with Gasteiger partial charge in [0.05, 0.1) is 17.8 Å². The van der Waals surface area contributed by atoms with Crippen molar-refractivity contribution in [3.8, 4) is 0 Å². The van der Waals surface area contributed by atoms with Gasteiger partial charge in [0.15, 0.2) is 0 Å². The Morgan fingerprint density at radius 2 is 2.05 bits per heavy atom. The topological polar surface area (TPSA) is 39.1 Å². The van der Waals surface area contributed by atoms with Crippen molar-refractivity contribution in [3.05, 3.63) is 17.2 Å². The quantitative estimate of drug-likeness (QED) is 0.925. The number of imidazole rings is 1. The van der Waals surface area contributed by atoms with Crippen LogP contribution >= 0.6 is 0 Å². The van der Waals surface area contributed by atoms with Gasteiger partial charge < -0.3 is 14.6 Å². The zero-order valence-electron chi connectivity index (χ0n) is 12.0. The Balaban J connectivity index is 2.41. The molecule has 2 rings (SSSR count). The lowest BCUT2D eigenvalue weighted by molar-refractivity contribution is -0.149. The molecule has 2 heterocycles. The number of ether oxygens (including phenoxy) is 1. The van der Waals surface area contributed by atoms with Crippen molar-refractivity contribution in [2.24, 2.45) is 0 Å². The highest BCUT2D eigenvalue weighted by molar-refractivity contribution is 5.22. The number of halogens is 3. The Morgan fingerprint density at radius 3 is 2.65 bits per heavy atom. The summed E-state index contributed by atoms with van der Waals surface area (Å²) in [6.45, 7) is 7.10. The number of hydrogen-bond acceptors (Lipinski definition) is 3. The molecule has 0 spiro atoms. The van der Waals surface area contributed by atoms with E-state index in [0.29, 0.717) is 37.5 Å². The third-order valence-electron chi connectivity index (χ3n) is 3.31. The zero-order valence-corrected chi connectivity index (χ0v) is 12.0. The van der Waals surface area contributed by atoms with Gasteiger partial charge in [0, 0.05) is 31.8 Å². The maximum absolute atomic E-state index is 13.2. The first-order chi connectivity index (χ1) is 9.24. The Morgan fingerprint density at radius 1 is 1.35 bits per heavy atom. The Bertz CT molecular complexity index is 480. The lowest BCUT2D eigenvalue weighted by Gasteiger charge is -2.28. The average Bonchev–Trinajstić information content (AvgIpc) is 2.67. The fraction of sp³-hybridized carbons (Fsp3) is 0.769. The molecule has 1 aliphatic rings. The zero-order chi connectivity index (χ0) is 15.0. The number of fused-ring (bicyclic) bond motifs is 1. The predicted molar refractivity (Wildman–Crippen MR) is 68.3 cm³/mol. The molecular formula is C13H20F3N3O. The summed E-state index contributed by atoms with van der Waals surface area (Å²) in [5, 5.41) is 3.05. The maximum atomic E-state index is 13.2. The largest absolute Gasteiger partial charge is 0.449 e. The van der Waals surface area contributed by atoms with E-state index in [9.17, 15) is 13.2 Å². The molecule has 1 aromatic rings. The van der Waals surface area contributed by atoms with Gasteiger partial charge in [-0.3, -0.25) is 0 Å². The number of alkyl halides is 3. The molecule has 0 amide bonds. The Kier molecular flexibility index (Phi) is 4.11. The maximum Gasteiger partial charge on any atom is 0.449 e. The van der Waals surface area contributed by atoms with Crippen LogP contribution in [-0.4, -0.2) is 28.3 Å². The minimum atomic E-state index is -4.44. The Hall–Kier alpha value is -1.08. The molecule has 0 saturated heterocycles. The number of hydrogen-bond donors (Lipinski definition) is 1. The van der Waals surface area contributed by atoms with Gasteiger partial charge >= 0.3 is 6.18 Å². The van der Waals surface area contributed by atoms with Gasteiger partial charge in [-0.2, -0.15) is 13.2 Å². The van der Waals surface area contributed by atoms with E-state index in [1.165, 1.54) is 4.57 Å². The molecule has 4 nitrogen and oxygen atoms in total. The van der Waals surface area contributed by atoms with Crippen molar-refractivity contribution < 1.29 is 17.9 Å². The highest BCUT2D eigenvalue weighted by Gasteiger charge is 2.40. The van der Waals surface area contributed by atoms with Gasteiger partial charge in [0.25, 0.3) is 0 Å². The number of rotatable bonds is 4. The third-order valence-corrected chi connectivity index (χ3v) is 3.31. The van der Waals surface area contributed by atoms with Crippen LogP contribution in [0.4, 0.5) is 13.2 Å². The lowest BCUT2D eigenvalue weighted by atomic mass is 10.1. The lowest BCUT2D eigenvalue weighted by Crippen LogP contribution is -2.34. The molecule has 1 aliphatic heterocycles. The van der Waals surface area contributed by atoms with Crippen molar-refractivity contribution >= 4 is 0 Å². The second-order valence-corrected chi connectivity index (χ2v) is 5.53. The summed E-state index contributed by atoms with van der Waals surface area (Å²) < 4.78 is 46.3. The van der Waals surface area contributed by atoms with Gasteiger partial charge in [-0.25, -0.2) is 4.98 Å². The fourth-order valence-electron chi connectivity index (χ4n) is 2.57. The molecule has 0 aliphatic carbocycles. The van der Waals surface area contributed by atoms with Crippen LogP contribution in [0.5, 0.6) is 0 Å². The summed E-state index contributed by atoms with van der Waals surface area (Å²) >= 11 is 0. The van der Waals surface area contributed by atoms with Crippen molar-refractivity contribution in [1.82, 2.24) is 14.9 Å². The number of aromatic nitrogens is 2. The molecule has 20 heavy (non-hydrogen) atoms. The molecule has 0 unspecified atom stereocenters.